The minimum absolute atomic E-state index is 0.654. The molecule has 2 heterocycles. The molecule has 1 atom stereocenters. The van der Waals surface area contributed by atoms with Gasteiger partial charge >= 0.3 is 0 Å². The van der Waals surface area contributed by atoms with Gasteiger partial charge in [-0.25, -0.2) is 0 Å². The van der Waals surface area contributed by atoms with Crippen molar-refractivity contribution in [2.75, 3.05) is 25.0 Å². The van der Waals surface area contributed by atoms with E-state index in [-0.39, 0.29) is 0 Å². The van der Waals surface area contributed by atoms with Gasteiger partial charge in [0.05, 0.1) is 5.69 Å². The number of nitrogens with zero attached hydrogens (tertiary/aromatic N) is 3. The number of aryl methyl sites for hydroxylation is 2. The molecule has 2 rings (SSSR count). The number of nitrogens with one attached hydrogen (secondary N) is 2. The Morgan fingerprint density at radius 2 is 2.50 bits per heavy atom. The van der Waals surface area contributed by atoms with E-state index >= 15 is 0 Å². The Morgan fingerprint density at radius 3 is 3.12 bits per heavy atom. The van der Waals surface area contributed by atoms with E-state index in [0.29, 0.717) is 11.5 Å². The maximum atomic E-state index is 9.05. The van der Waals surface area contributed by atoms with Crippen molar-refractivity contribution in [1.29, 1.82) is 5.26 Å². The molecule has 1 aromatic heterocycles. The number of rotatable bonds is 3. The van der Waals surface area contributed by atoms with Crippen LogP contribution in [-0.4, -0.2) is 29.4 Å². The van der Waals surface area contributed by atoms with Crippen LogP contribution >= 0.6 is 0 Å². The highest BCUT2D eigenvalue weighted by Gasteiger charge is 2.17. The molecule has 16 heavy (non-hydrogen) atoms. The molecule has 1 unspecified atom stereocenters. The van der Waals surface area contributed by atoms with Crippen LogP contribution in [0.5, 0.6) is 0 Å². The van der Waals surface area contributed by atoms with Crippen LogP contribution in [-0.2, 0) is 7.05 Å². The summed E-state index contributed by atoms with van der Waals surface area (Å²) in [5.74, 6) is 1.49. The Morgan fingerprint density at radius 1 is 1.69 bits per heavy atom. The highest BCUT2D eigenvalue weighted by molar-refractivity contribution is 5.54. The second kappa shape index (κ2) is 4.54. The molecule has 0 spiro atoms. The predicted molar refractivity (Wildman–Crippen MR) is 62.1 cm³/mol. The van der Waals surface area contributed by atoms with Gasteiger partial charge in [-0.15, -0.1) is 0 Å². The molecular formula is C11H17N5. The van der Waals surface area contributed by atoms with Crippen molar-refractivity contribution in [3.63, 3.8) is 0 Å². The van der Waals surface area contributed by atoms with Crippen molar-refractivity contribution < 1.29 is 0 Å². The zero-order valence-electron chi connectivity index (χ0n) is 9.75. The lowest BCUT2D eigenvalue weighted by Gasteiger charge is -2.11. The van der Waals surface area contributed by atoms with Gasteiger partial charge in [0.25, 0.3) is 0 Å². The van der Waals surface area contributed by atoms with Crippen molar-refractivity contribution in [2.45, 2.75) is 13.3 Å². The standard InChI is InChI=1S/C11H17N5/c1-8-10(5-12)11(16(2)15-8)14-7-9-3-4-13-6-9/h9,13-14H,3-4,6-7H2,1-2H3. The summed E-state index contributed by atoms with van der Waals surface area (Å²) >= 11 is 0. The quantitative estimate of drug-likeness (QED) is 0.782. The zero-order chi connectivity index (χ0) is 11.5. The number of hydrogen-bond acceptors (Lipinski definition) is 4. The third-order valence-electron chi connectivity index (χ3n) is 3.05. The molecule has 1 saturated heterocycles. The second-order valence-corrected chi connectivity index (χ2v) is 4.28. The molecule has 1 aliphatic heterocycles. The van der Waals surface area contributed by atoms with Gasteiger partial charge in [-0.1, -0.05) is 0 Å². The van der Waals surface area contributed by atoms with Crippen molar-refractivity contribution in [1.82, 2.24) is 15.1 Å². The van der Waals surface area contributed by atoms with Crippen molar-refractivity contribution in [3.05, 3.63) is 11.3 Å². The van der Waals surface area contributed by atoms with E-state index in [1.165, 1.54) is 6.42 Å². The molecule has 1 fully saturated rings. The SMILES string of the molecule is Cc1nn(C)c(NCC2CCNC2)c1C#N. The van der Waals surface area contributed by atoms with Crippen LogP contribution < -0.4 is 10.6 Å². The Bertz CT molecular complexity index is 409. The number of hydrogen-bond donors (Lipinski definition) is 2. The number of aromatic nitrogens is 2. The van der Waals surface area contributed by atoms with Crippen LogP contribution in [0.1, 0.15) is 17.7 Å². The van der Waals surface area contributed by atoms with Gasteiger partial charge in [0.2, 0.25) is 0 Å². The van der Waals surface area contributed by atoms with Crippen molar-refractivity contribution >= 4 is 5.82 Å². The molecule has 0 aliphatic carbocycles. The summed E-state index contributed by atoms with van der Waals surface area (Å²) in [4.78, 5) is 0. The summed E-state index contributed by atoms with van der Waals surface area (Å²) in [7, 11) is 1.86. The smallest absolute Gasteiger partial charge is 0.142 e. The fraction of sp³-hybridized carbons (Fsp3) is 0.636. The summed E-state index contributed by atoms with van der Waals surface area (Å²) < 4.78 is 1.75. The zero-order valence-corrected chi connectivity index (χ0v) is 9.75. The molecule has 86 valence electrons. The summed E-state index contributed by atoms with van der Waals surface area (Å²) in [5, 5.41) is 20.0. The Balaban J connectivity index is 2.06. The van der Waals surface area contributed by atoms with Crippen LogP contribution in [0, 0.1) is 24.2 Å². The molecule has 0 radical (unpaired) electrons. The Hall–Kier alpha value is -1.54. The minimum Gasteiger partial charge on any atom is -0.369 e. The van der Waals surface area contributed by atoms with Crippen LogP contribution in [0.25, 0.3) is 0 Å². The molecule has 0 amide bonds. The first-order valence-electron chi connectivity index (χ1n) is 5.60. The number of anilines is 1. The molecule has 5 nitrogen and oxygen atoms in total. The third-order valence-corrected chi connectivity index (χ3v) is 3.05. The van der Waals surface area contributed by atoms with Crippen LogP contribution in [0.2, 0.25) is 0 Å². The summed E-state index contributed by atoms with van der Waals surface area (Å²) in [6, 6.07) is 2.20. The van der Waals surface area contributed by atoms with Gasteiger partial charge in [0, 0.05) is 13.6 Å². The van der Waals surface area contributed by atoms with E-state index in [2.05, 4.69) is 21.8 Å². The Kier molecular flexibility index (Phi) is 3.11. The topological polar surface area (TPSA) is 65.7 Å². The maximum Gasteiger partial charge on any atom is 0.142 e. The summed E-state index contributed by atoms with van der Waals surface area (Å²) in [6.45, 7) is 4.93. The van der Waals surface area contributed by atoms with Gasteiger partial charge in [0.15, 0.2) is 0 Å². The first kappa shape index (κ1) is 11.0. The highest BCUT2D eigenvalue weighted by atomic mass is 15.3. The molecule has 0 saturated carbocycles. The van der Waals surface area contributed by atoms with Gasteiger partial charge in [-0.05, 0) is 32.4 Å². The Labute approximate surface area is 95.4 Å². The van der Waals surface area contributed by atoms with Gasteiger partial charge < -0.3 is 10.6 Å². The molecule has 5 heteroatoms. The molecule has 0 aromatic carbocycles. The predicted octanol–water partition coefficient (Wildman–Crippen LogP) is 0.622. The van der Waals surface area contributed by atoms with E-state index in [1.54, 1.807) is 4.68 Å². The highest BCUT2D eigenvalue weighted by Crippen LogP contribution is 2.18. The lowest BCUT2D eigenvalue weighted by molar-refractivity contribution is 0.609. The van der Waals surface area contributed by atoms with Crippen LogP contribution in [0.4, 0.5) is 5.82 Å². The van der Waals surface area contributed by atoms with Gasteiger partial charge in [0.1, 0.15) is 17.5 Å². The molecular weight excluding hydrogens is 202 g/mol. The maximum absolute atomic E-state index is 9.05. The summed E-state index contributed by atoms with van der Waals surface area (Å²) in [6.07, 6.45) is 1.20. The van der Waals surface area contributed by atoms with Crippen molar-refractivity contribution in [2.24, 2.45) is 13.0 Å². The van der Waals surface area contributed by atoms with Crippen LogP contribution in [0.15, 0.2) is 0 Å². The largest absolute Gasteiger partial charge is 0.369 e. The van der Waals surface area contributed by atoms with E-state index in [4.69, 9.17) is 5.26 Å². The normalized spacial score (nSPS) is 19.7. The summed E-state index contributed by atoms with van der Waals surface area (Å²) in [5.41, 5.74) is 1.45. The lowest BCUT2D eigenvalue weighted by atomic mass is 10.1. The first-order valence-corrected chi connectivity index (χ1v) is 5.60. The van der Waals surface area contributed by atoms with E-state index in [0.717, 1.165) is 31.1 Å². The second-order valence-electron chi connectivity index (χ2n) is 4.28. The molecule has 2 N–H and O–H groups in total. The van der Waals surface area contributed by atoms with E-state index in [1.807, 2.05) is 14.0 Å². The van der Waals surface area contributed by atoms with Gasteiger partial charge in [-0.2, -0.15) is 10.4 Å². The first-order chi connectivity index (χ1) is 7.72. The van der Waals surface area contributed by atoms with Crippen molar-refractivity contribution in [3.8, 4) is 6.07 Å². The van der Waals surface area contributed by atoms with E-state index in [9.17, 15) is 0 Å². The lowest BCUT2D eigenvalue weighted by Crippen LogP contribution is -2.18. The average molecular weight is 219 g/mol. The molecule has 1 aromatic rings. The van der Waals surface area contributed by atoms with Gasteiger partial charge in [-0.3, -0.25) is 4.68 Å². The van der Waals surface area contributed by atoms with Crippen LogP contribution in [0.3, 0.4) is 0 Å². The fourth-order valence-electron chi connectivity index (χ4n) is 2.12. The average Bonchev–Trinajstić information content (AvgIpc) is 2.83. The minimum atomic E-state index is 0.654. The fourth-order valence-corrected chi connectivity index (χ4v) is 2.12. The van der Waals surface area contributed by atoms with E-state index < -0.39 is 0 Å². The monoisotopic (exact) mass is 219 g/mol. The number of nitriles is 1. The molecule has 1 aliphatic rings. The molecule has 0 bridgehead atoms. The third kappa shape index (κ3) is 2.02.